The number of nitrogens with one attached hydrogen (secondary N) is 1. The molecule has 1 aromatic carbocycles. The average molecular weight is 254 g/mol. The second kappa shape index (κ2) is 5.01. The number of anilines is 1. The van der Waals surface area contributed by atoms with Gasteiger partial charge in [-0.1, -0.05) is 12.1 Å². The summed E-state index contributed by atoms with van der Waals surface area (Å²) in [5.74, 6) is -1.40. The van der Waals surface area contributed by atoms with E-state index in [2.05, 4.69) is 5.32 Å². The Hall–Kier alpha value is -2.15. The average Bonchev–Trinajstić information content (AvgIpc) is 2.25. The van der Waals surface area contributed by atoms with Crippen molar-refractivity contribution in [2.24, 2.45) is 0 Å². The van der Waals surface area contributed by atoms with Crippen LogP contribution in [0, 0.1) is 17.0 Å². The Labute approximate surface area is 103 Å². The van der Waals surface area contributed by atoms with Crippen LogP contribution in [0.3, 0.4) is 0 Å². The molecule has 0 saturated heterocycles. The maximum absolute atomic E-state index is 10.9. The zero-order valence-electron chi connectivity index (χ0n) is 10.0. The van der Waals surface area contributed by atoms with Crippen molar-refractivity contribution >= 4 is 17.3 Å². The maximum atomic E-state index is 10.9. The second-order valence-corrected chi connectivity index (χ2v) is 4.16. The van der Waals surface area contributed by atoms with Gasteiger partial charge in [0.1, 0.15) is 5.69 Å². The molecule has 0 aromatic heterocycles. The predicted octanol–water partition coefficient (Wildman–Crippen LogP) is 1.15. The quantitative estimate of drug-likeness (QED) is 0.536. The molecule has 0 amide bonds. The molecule has 98 valence electrons. The van der Waals surface area contributed by atoms with Crippen LogP contribution in [0.1, 0.15) is 12.5 Å². The molecule has 0 aliphatic heterocycles. The first-order valence-corrected chi connectivity index (χ1v) is 5.19. The lowest BCUT2D eigenvalue weighted by atomic mass is 10.1. The van der Waals surface area contributed by atoms with E-state index in [-0.39, 0.29) is 17.9 Å². The van der Waals surface area contributed by atoms with Crippen molar-refractivity contribution < 1.29 is 19.9 Å². The minimum atomic E-state index is -1.99. The summed E-state index contributed by atoms with van der Waals surface area (Å²) in [4.78, 5) is 21.0. The van der Waals surface area contributed by atoms with Crippen molar-refractivity contribution in [3.8, 4) is 0 Å². The van der Waals surface area contributed by atoms with Crippen LogP contribution in [-0.2, 0) is 4.79 Å². The standard InChI is InChI=1S/C11H14N2O5/c1-7-4-3-5-8(9(7)13(17)18)12-6-11(2,16)10(14)15/h3-5,12,16H,6H2,1-2H3,(H,14,15). The lowest BCUT2D eigenvalue weighted by Crippen LogP contribution is -2.41. The third kappa shape index (κ3) is 2.95. The van der Waals surface area contributed by atoms with E-state index in [1.807, 2.05) is 0 Å². The molecule has 3 N–H and O–H groups in total. The van der Waals surface area contributed by atoms with E-state index in [9.17, 15) is 20.0 Å². The Morgan fingerprint density at radius 2 is 2.17 bits per heavy atom. The molecule has 0 aliphatic carbocycles. The summed E-state index contributed by atoms with van der Waals surface area (Å²) < 4.78 is 0. The molecule has 1 aromatic rings. The third-order valence-electron chi connectivity index (χ3n) is 2.50. The smallest absolute Gasteiger partial charge is 0.337 e. The second-order valence-electron chi connectivity index (χ2n) is 4.16. The Morgan fingerprint density at radius 3 is 2.67 bits per heavy atom. The van der Waals surface area contributed by atoms with E-state index in [0.717, 1.165) is 6.92 Å². The summed E-state index contributed by atoms with van der Waals surface area (Å²) in [7, 11) is 0. The Bertz CT molecular complexity index is 484. The fourth-order valence-corrected chi connectivity index (χ4v) is 1.39. The van der Waals surface area contributed by atoms with Gasteiger partial charge in [-0.3, -0.25) is 10.1 Å². The number of benzene rings is 1. The number of carboxylic acids is 1. The van der Waals surface area contributed by atoms with Gasteiger partial charge in [0.15, 0.2) is 5.60 Å². The minimum Gasteiger partial charge on any atom is -0.479 e. The molecule has 7 nitrogen and oxygen atoms in total. The van der Waals surface area contributed by atoms with Gasteiger partial charge in [0, 0.05) is 5.56 Å². The van der Waals surface area contributed by atoms with Gasteiger partial charge < -0.3 is 15.5 Å². The van der Waals surface area contributed by atoms with Crippen LogP contribution in [0.5, 0.6) is 0 Å². The summed E-state index contributed by atoms with van der Waals surface area (Å²) in [6.07, 6.45) is 0. The monoisotopic (exact) mass is 254 g/mol. The van der Waals surface area contributed by atoms with Crippen LogP contribution < -0.4 is 5.32 Å². The number of nitro benzene ring substituents is 1. The first-order chi connectivity index (χ1) is 8.25. The van der Waals surface area contributed by atoms with E-state index in [0.29, 0.717) is 5.56 Å². The largest absolute Gasteiger partial charge is 0.479 e. The zero-order chi connectivity index (χ0) is 13.9. The summed E-state index contributed by atoms with van der Waals surface area (Å²) in [5, 5.41) is 31.7. The number of carboxylic acid groups (broad SMARTS) is 1. The van der Waals surface area contributed by atoms with Crippen molar-refractivity contribution in [3.05, 3.63) is 33.9 Å². The van der Waals surface area contributed by atoms with Gasteiger partial charge in [-0.2, -0.15) is 0 Å². The summed E-state index contributed by atoms with van der Waals surface area (Å²) in [6, 6.07) is 4.65. The van der Waals surface area contributed by atoms with Crippen molar-refractivity contribution in [2.45, 2.75) is 19.4 Å². The fourth-order valence-electron chi connectivity index (χ4n) is 1.39. The van der Waals surface area contributed by atoms with E-state index in [4.69, 9.17) is 5.11 Å². The van der Waals surface area contributed by atoms with Crippen LogP contribution in [0.4, 0.5) is 11.4 Å². The molecule has 7 heteroatoms. The van der Waals surface area contributed by atoms with Crippen molar-refractivity contribution in [1.82, 2.24) is 0 Å². The molecular weight excluding hydrogens is 240 g/mol. The first-order valence-electron chi connectivity index (χ1n) is 5.19. The number of aliphatic carboxylic acids is 1. The fraction of sp³-hybridized carbons (Fsp3) is 0.364. The zero-order valence-corrected chi connectivity index (χ0v) is 10.0. The normalized spacial score (nSPS) is 13.7. The minimum absolute atomic E-state index is 0.126. The molecular formula is C11H14N2O5. The van der Waals surface area contributed by atoms with Gasteiger partial charge in [0.25, 0.3) is 5.69 Å². The Kier molecular flexibility index (Phi) is 3.87. The molecule has 18 heavy (non-hydrogen) atoms. The summed E-state index contributed by atoms with van der Waals surface area (Å²) in [6.45, 7) is 2.37. The topological polar surface area (TPSA) is 113 Å². The van der Waals surface area contributed by atoms with Gasteiger partial charge in [-0.15, -0.1) is 0 Å². The van der Waals surface area contributed by atoms with Gasteiger partial charge in [-0.25, -0.2) is 4.79 Å². The highest BCUT2D eigenvalue weighted by Gasteiger charge is 2.30. The molecule has 0 bridgehead atoms. The number of para-hydroxylation sites is 1. The molecule has 1 atom stereocenters. The molecule has 0 heterocycles. The number of hydrogen-bond acceptors (Lipinski definition) is 5. The van der Waals surface area contributed by atoms with Crippen molar-refractivity contribution in [3.63, 3.8) is 0 Å². The maximum Gasteiger partial charge on any atom is 0.337 e. The van der Waals surface area contributed by atoms with Crippen LogP contribution in [0.25, 0.3) is 0 Å². The van der Waals surface area contributed by atoms with Crippen LogP contribution in [0.2, 0.25) is 0 Å². The molecule has 0 saturated carbocycles. The summed E-state index contributed by atoms with van der Waals surface area (Å²) in [5.41, 5.74) is -1.47. The van der Waals surface area contributed by atoms with Gasteiger partial charge in [0.2, 0.25) is 0 Å². The van der Waals surface area contributed by atoms with Crippen LogP contribution in [-0.4, -0.2) is 33.3 Å². The predicted molar refractivity (Wildman–Crippen MR) is 64.6 cm³/mol. The van der Waals surface area contributed by atoms with Crippen LogP contribution >= 0.6 is 0 Å². The molecule has 0 fully saturated rings. The van der Waals surface area contributed by atoms with Gasteiger partial charge >= 0.3 is 5.97 Å². The van der Waals surface area contributed by atoms with E-state index in [1.54, 1.807) is 19.1 Å². The van der Waals surface area contributed by atoms with Crippen LogP contribution in [0.15, 0.2) is 18.2 Å². The van der Waals surface area contributed by atoms with E-state index < -0.39 is 16.5 Å². The molecule has 1 rings (SSSR count). The Balaban J connectivity index is 2.96. The molecule has 1 unspecified atom stereocenters. The van der Waals surface area contributed by atoms with Gasteiger partial charge in [0.05, 0.1) is 11.5 Å². The molecule has 0 spiro atoms. The summed E-state index contributed by atoms with van der Waals surface area (Å²) >= 11 is 0. The van der Waals surface area contributed by atoms with E-state index in [1.165, 1.54) is 6.07 Å². The number of aliphatic hydroxyl groups is 1. The number of hydrogen-bond donors (Lipinski definition) is 3. The van der Waals surface area contributed by atoms with E-state index >= 15 is 0 Å². The highest BCUT2D eigenvalue weighted by molar-refractivity contribution is 5.78. The number of carbonyl (C=O) groups is 1. The highest BCUT2D eigenvalue weighted by atomic mass is 16.6. The first kappa shape index (κ1) is 13.9. The molecule has 0 aliphatic rings. The molecule has 0 radical (unpaired) electrons. The number of rotatable bonds is 5. The Morgan fingerprint density at radius 1 is 1.56 bits per heavy atom. The SMILES string of the molecule is Cc1cccc(NCC(C)(O)C(=O)O)c1[N+](=O)[O-]. The lowest BCUT2D eigenvalue weighted by molar-refractivity contribution is -0.384. The number of nitro groups is 1. The van der Waals surface area contributed by atoms with Crippen molar-refractivity contribution in [1.29, 1.82) is 0 Å². The van der Waals surface area contributed by atoms with Gasteiger partial charge in [-0.05, 0) is 19.9 Å². The van der Waals surface area contributed by atoms with Crippen molar-refractivity contribution in [2.75, 3.05) is 11.9 Å². The lowest BCUT2D eigenvalue weighted by Gasteiger charge is -2.19. The number of nitrogens with zero attached hydrogens (tertiary/aromatic N) is 1. The number of aryl methyl sites for hydroxylation is 1. The highest BCUT2D eigenvalue weighted by Crippen LogP contribution is 2.28. The third-order valence-corrected chi connectivity index (χ3v) is 2.50.